The first kappa shape index (κ1) is 24.2. The SMILES string of the molecule is Cc1cc(NC(=O)c2ccc(C)c(Nc3cc(-c4cccnc4)nc4c3C=CC4)c2)cc(C(F)(F)F)c1. The van der Waals surface area contributed by atoms with Crippen molar-refractivity contribution in [3.05, 3.63) is 107 Å². The zero-order valence-electron chi connectivity index (χ0n) is 20.1. The number of aromatic nitrogens is 2. The van der Waals surface area contributed by atoms with Crippen molar-refractivity contribution in [3.63, 3.8) is 0 Å². The fourth-order valence-corrected chi connectivity index (χ4v) is 4.27. The fraction of sp³-hybridized carbons (Fsp3) is 0.138. The Balaban J connectivity index is 1.44. The number of nitrogens with one attached hydrogen (secondary N) is 2. The average molecular weight is 501 g/mol. The molecular formula is C29H23F3N4O. The quantitative estimate of drug-likeness (QED) is 0.301. The van der Waals surface area contributed by atoms with E-state index in [0.29, 0.717) is 16.8 Å². The van der Waals surface area contributed by atoms with Crippen LogP contribution >= 0.6 is 0 Å². The Morgan fingerprint density at radius 3 is 2.59 bits per heavy atom. The second kappa shape index (κ2) is 9.54. The highest BCUT2D eigenvalue weighted by Gasteiger charge is 2.31. The highest BCUT2D eigenvalue weighted by molar-refractivity contribution is 6.05. The monoisotopic (exact) mass is 500 g/mol. The summed E-state index contributed by atoms with van der Waals surface area (Å²) in [5, 5.41) is 6.04. The molecule has 0 saturated carbocycles. The number of alkyl halides is 3. The summed E-state index contributed by atoms with van der Waals surface area (Å²) in [5.41, 5.74) is 6.04. The van der Waals surface area contributed by atoms with Gasteiger partial charge < -0.3 is 10.6 Å². The molecule has 5 nitrogen and oxygen atoms in total. The normalized spacial score (nSPS) is 12.4. The number of allylic oxidation sites excluding steroid dienone is 1. The maximum absolute atomic E-state index is 13.2. The summed E-state index contributed by atoms with van der Waals surface area (Å²) < 4.78 is 39.6. The lowest BCUT2D eigenvalue weighted by atomic mass is 10.1. The van der Waals surface area contributed by atoms with Crippen LogP contribution in [0.4, 0.5) is 30.2 Å². The Hall–Kier alpha value is -4.46. The lowest BCUT2D eigenvalue weighted by Gasteiger charge is -2.16. The molecule has 2 N–H and O–H groups in total. The molecule has 4 aromatic rings. The summed E-state index contributed by atoms with van der Waals surface area (Å²) in [7, 11) is 0. The summed E-state index contributed by atoms with van der Waals surface area (Å²) >= 11 is 0. The number of carbonyl (C=O) groups is 1. The van der Waals surface area contributed by atoms with Crippen molar-refractivity contribution >= 4 is 29.0 Å². The molecule has 0 radical (unpaired) electrons. The minimum Gasteiger partial charge on any atom is -0.355 e. The summed E-state index contributed by atoms with van der Waals surface area (Å²) in [6, 6.07) is 14.4. The number of rotatable bonds is 5. The molecule has 0 saturated heterocycles. The van der Waals surface area contributed by atoms with Crippen molar-refractivity contribution in [2.75, 3.05) is 10.6 Å². The van der Waals surface area contributed by atoms with Gasteiger partial charge in [-0.2, -0.15) is 13.2 Å². The van der Waals surface area contributed by atoms with Gasteiger partial charge in [-0.05, 0) is 73.5 Å². The maximum Gasteiger partial charge on any atom is 0.416 e. The first-order valence-corrected chi connectivity index (χ1v) is 11.7. The van der Waals surface area contributed by atoms with Crippen LogP contribution in [0, 0.1) is 13.8 Å². The zero-order chi connectivity index (χ0) is 26.2. The van der Waals surface area contributed by atoms with E-state index in [4.69, 9.17) is 4.98 Å². The second-order valence-electron chi connectivity index (χ2n) is 8.96. The van der Waals surface area contributed by atoms with Crippen molar-refractivity contribution in [3.8, 4) is 11.3 Å². The molecule has 2 aromatic heterocycles. The zero-order valence-corrected chi connectivity index (χ0v) is 20.1. The highest BCUT2D eigenvalue weighted by Crippen LogP contribution is 2.34. The van der Waals surface area contributed by atoms with Crippen molar-refractivity contribution in [1.82, 2.24) is 9.97 Å². The van der Waals surface area contributed by atoms with Gasteiger partial charge in [-0.1, -0.05) is 18.2 Å². The van der Waals surface area contributed by atoms with Crippen LogP contribution < -0.4 is 10.6 Å². The number of amides is 1. The molecule has 0 bridgehead atoms. The predicted octanol–water partition coefficient (Wildman–Crippen LogP) is 7.34. The van der Waals surface area contributed by atoms with Crippen LogP contribution in [0.15, 0.2) is 73.1 Å². The number of pyridine rings is 2. The van der Waals surface area contributed by atoms with Crippen molar-refractivity contribution < 1.29 is 18.0 Å². The van der Waals surface area contributed by atoms with Crippen LogP contribution in [-0.4, -0.2) is 15.9 Å². The molecule has 0 aliphatic heterocycles. The van der Waals surface area contributed by atoms with Gasteiger partial charge in [0.05, 0.1) is 17.0 Å². The molecular weight excluding hydrogens is 477 g/mol. The Kier molecular flexibility index (Phi) is 6.25. The summed E-state index contributed by atoms with van der Waals surface area (Å²) in [4.78, 5) is 22.0. The Bertz CT molecular complexity index is 1530. The molecule has 0 spiro atoms. The molecule has 0 fully saturated rings. The maximum atomic E-state index is 13.2. The van der Waals surface area contributed by atoms with E-state index in [-0.39, 0.29) is 5.69 Å². The van der Waals surface area contributed by atoms with Crippen LogP contribution in [0.2, 0.25) is 0 Å². The minimum absolute atomic E-state index is 0.0885. The van der Waals surface area contributed by atoms with Gasteiger partial charge in [-0.25, -0.2) is 0 Å². The Labute approximate surface area is 212 Å². The van der Waals surface area contributed by atoms with Gasteiger partial charge in [0.2, 0.25) is 0 Å². The summed E-state index contributed by atoms with van der Waals surface area (Å²) in [6.45, 7) is 3.47. The van der Waals surface area contributed by atoms with Crippen LogP contribution in [0.3, 0.4) is 0 Å². The van der Waals surface area contributed by atoms with Gasteiger partial charge in [0.15, 0.2) is 0 Å². The third-order valence-electron chi connectivity index (χ3n) is 6.12. The molecule has 0 atom stereocenters. The first-order chi connectivity index (χ1) is 17.7. The van der Waals surface area contributed by atoms with E-state index in [1.807, 2.05) is 37.3 Å². The number of anilines is 3. The molecule has 2 aromatic carbocycles. The van der Waals surface area contributed by atoms with Crippen molar-refractivity contribution in [2.45, 2.75) is 26.4 Å². The van der Waals surface area contributed by atoms with Crippen LogP contribution in [0.25, 0.3) is 17.3 Å². The standard InChI is InChI=1S/C29H23F3N4O/c1-17-11-21(29(30,31)32)14-22(12-17)34-28(37)19-9-8-18(2)25(13-19)36-27-15-26(20-5-4-10-33-16-20)35-24-7-3-6-23(24)27/h3-6,8-16H,7H2,1-2H3,(H,34,37)(H,35,36). The van der Waals surface area contributed by atoms with E-state index in [1.54, 1.807) is 37.5 Å². The third kappa shape index (κ3) is 5.23. The van der Waals surface area contributed by atoms with Gasteiger partial charge in [0, 0.05) is 52.6 Å². The highest BCUT2D eigenvalue weighted by atomic mass is 19.4. The van der Waals surface area contributed by atoms with E-state index in [0.717, 1.165) is 52.3 Å². The third-order valence-corrected chi connectivity index (χ3v) is 6.12. The number of fused-ring (bicyclic) bond motifs is 1. The molecule has 1 aliphatic carbocycles. The molecule has 0 unspecified atom stereocenters. The topological polar surface area (TPSA) is 66.9 Å². The number of nitrogens with zero attached hydrogens (tertiary/aromatic N) is 2. The van der Waals surface area contributed by atoms with Crippen LogP contribution in [-0.2, 0) is 12.6 Å². The lowest BCUT2D eigenvalue weighted by molar-refractivity contribution is -0.137. The molecule has 2 heterocycles. The van der Waals surface area contributed by atoms with Gasteiger partial charge in [-0.15, -0.1) is 0 Å². The summed E-state index contributed by atoms with van der Waals surface area (Å²) in [6.07, 6.45) is 3.74. The van der Waals surface area contributed by atoms with Gasteiger partial charge >= 0.3 is 6.18 Å². The van der Waals surface area contributed by atoms with Crippen LogP contribution in [0.5, 0.6) is 0 Å². The number of benzene rings is 2. The molecule has 8 heteroatoms. The number of hydrogen-bond donors (Lipinski definition) is 2. The molecule has 1 aliphatic rings. The number of hydrogen-bond acceptors (Lipinski definition) is 4. The van der Waals surface area contributed by atoms with Crippen molar-refractivity contribution in [2.24, 2.45) is 0 Å². The average Bonchev–Trinajstić information content (AvgIpc) is 3.34. The smallest absolute Gasteiger partial charge is 0.355 e. The molecule has 37 heavy (non-hydrogen) atoms. The van der Waals surface area contributed by atoms with Crippen LogP contribution in [0.1, 0.15) is 38.3 Å². The number of aryl methyl sites for hydroxylation is 2. The van der Waals surface area contributed by atoms with E-state index >= 15 is 0 Å². The number of halogens is 3. The van der Waals surface area contributed by atoms with Gasteiger partial charge in [0.25, 0.3) is 5.91 Å². The van der Waals surface area contributed by atoms with Crippen molar-refractivity contribution in [1.29, 1.82) is 0 Å². The molecule has 1 amide bonds. The predicted molar refractivity (Wildman–Crippen MR) is 139 cm³/mol. The van der Waals surface area contributed by atoms with E-state index < -0.39 is 17.6 Å². The van der Waals surface area contributed by atoms with E-state index in [9.17, 15) is 18.0 Å². The number of carbonyl (C=O) groups excluding carboxylic acids is 1. The molecule has 186 valence electrons. The summed E-state index contributed by atoms with van der Waals surface area (Å²) in [5.74, 6) is -0.502. The van der Waals surface area contributed by atoms with E-state index in [1.165, 1.54) is 6.07 Å². The fourth-order valence-electron chi connectivity index (χ4n) is 4.27. The van der Waals surface area contributed by atoms with E-state index in [2.05, 4.69) is 15.6 Å². The molecule has 5 rings (SSSR count). The minimum atomic E-state index is -4.50. The lowest BCUT2D eigenvalue weighted by Crippen LogP contribution is -2.14. The Morgan fingerprint density at radius 2 is 1.84 bits per heavy atom. The van der Waals surface area contributed by atoms with Gasteiger partial charge in [-0.3, -0.25) is 14.8 Å². The van der Waals surface area contributed by atoms with Gasteiger partial charge in [0.1, 0.15) is 0 Å². The second-order valence-corrected chi connectivity index (χ2v) is 8.96. The Morgan fingerprint density at radius 1 is 1.00 bits per heavy atom. The first-order valence-electron chi connectivity index (χ1n) is 11.7. The largest absolute Gasteiger partial charge is 0.416 e.